The Kier molecular flexibility index (Phi) is 2.59. The van der Waals surface area contributed by atoms with Crippen LogP contribution in [0.15, 0.2) is 0 Å². The number of fused-ring (bicyclic) bond motifs is 1. The standard InChI is InChI=1S/C11H20ClN/c1-9(2)6-11-4-3-5-13(11)8-10(12)7-11/h9-10H,3-8H2,1-2H3/t10-,11+/m0/s1. The lowest BCUT2D eigenvalue weighted by atomic mass is 9.85. The van der Waals surface area contributed by atoms with E-state index in [1.165, 1.54) is 32.2 Å². The van der Waals surface area contributed by atoms with Crippen molar-refractivity contribution in [3.63, 3.8) is 0 Å². The van der Waals surface area contributed by atoms with Crippen molar-refractivity contribution >= 4 is 11.6 Å². The summed E-state index contributed by atoms with van der Waals surface area (Å²) in [5, 5.41) is 0.416. The van der Waals surface area contributed by atoms with Crippen LogP contribution in [0.25, 0.3) is 0 Å². The molecule has 0 N–H and O–H groups in total. The molecule has 0 bridgehead atoms. The molecule has 0 radical (unpaired) electrons. The van der Waals surface area contributed by atoms with Crippen LogP contribution in [0.4, 0.5) is 0 Å². The Morgan fingerprint density at radius 2 is 2.31 bits per heavy atom. The van der Waals surface area contributed by atoms with Crippen LogP contribution < -0.4 is 0 Å². The van der Waals surface area contributed by atoms with Crippen LogP contribution in [0, 0.1) is 5.92 Å². The van der Waals surface area contributed by atoms with Crippen LogP contribution in [0.3, 0.4) is 0 Å². The Hall–Kier alpha value is 0.250. The molecule has 0 spiro atoms. The van der Waals surface area contributed by atoms with Crippen molar-refractivity contribution < 1.29 is 0 Å². The second-order valence-electron chi connectivity index (χ2n) is 5.17. The molecule has 0 aromatic heterocycles. The normalized spacial score (nSPS) is 40.2. The molecule has 0 saturated carbocycles. The number of nitrogens with zero attached hydrogens (tertiary/aromatic N) is 1. The van der Waals surface area contributed by atoms with Gasteiger partial charge in [-0.2, -0.15) is 0 Å². The summed E-state index contributed by atoms with van der Waals surface area (Å²) in [7, 11) is 0. The van der Waals surface area contributed by atoms with E-state index in [1.807, 2.05) is 0 Å². The van der Waals surface area contributed by atoms with Gasteiger partial charge in [-0.1, -0.05) is 13.8 Å². The van der Waals surface area contributed by atoms with Crippen molar-refractivity contribution in [3.8, 4) is 0 Å². The molecular weight excluding hydrogens is 182 g/mol. The number of halogens is 1. The fraction of sp³-hybridized carbons (Fsp3) is 1.00. The molecule has 0 amide bonds. The van der Waals surface area contributed by atoms with Gasteiger partial charge in [-0.3, -0.25) is 4.90 Å². The monoisotopic (exact) mass is 201 g/mol. The quantitative estimate of drug-likeness (QED) is 0.622. The van der Waals surface area contributed by atoms with Gasteiger partial charge in [-0.15, -0.1) is 11.6 Å². The fourth-order valence-electron chi connectivity index (χ4n) is 3.30. The molecule has 13 heavy (non-hydrogen) atoms. The molecular formula is C11H20ClN. The lowest BCUT2D eigenvalue weighted by Gasteiger charge is -2.33. The Balaban J connectivity index is 2.09. The molecule has 2 saturated heterocycles. The van der Waals surface area contributed by atoms with Gasteiger partial charge in [0.25, 0.3) is 0 Å². The number of hydrogen-bond acceptors (Lipinski definition) is 1. The zero-order valence-electron chi connectivity index (χ0n) is 8.72. The van der Waals surface area contributed by atoms with Gasteiger partial charge in [0.1, 0.15) is 0 Å². The van der Waals surface area contributed by atoms with E-state index < -0.39 is 0 Å². The fourth-order valence-corrected chi connectivity index (χ4v) is 3.75. The summed E-state index contributed by atoms with van der Waals surface area (Å²) < 4.78 is 0. The van der Waals surface area contributed by atoms with E-state index in [-0.39, 0.29) is 0 Å². The lowest BCUT2D eigenvalue weighted by molar-refractivity contribution is 0.163. The first kappa shape index (κ1) is 9.79. The Morgan fingerprint density at radius 3 is 3.00 bits per heavy atom. The van der Waals surface area contributed by atoms with E-state index in [4.69, 9.17) is 11.6 Å². The predicted octanol–water partition coefficient (Wildman–Crippen LogP) is 2.88. The topological polar surface area (TPSA) is 3.24 Å². The largest absolute Gasteiger partial charge is 0.296 e. The average Bonchev–Trinajstić information content (AvgIpc) is 2.40. The first-order valence-corrected chi connectivity index (χ1v) is 5.95. The summed E-state index contributed by atoms with van der Waals surface area (Å²) in [4.78, 5) is 2.64. The van der Waals surface area contributed by atoms with Crippen LogP contribution in [-0.4, -0.2) is 28.9 Å². The van der Waals surface area contributed by atoms with Crippen molar-refractivity contribution in [1.82, 2.24) is 4.90 Å². The second kappa shape index (κ2) is 3.43. The maximum Gasteiger partial charge on any atom is 0.0481 e. The van der Waals surface area contributed by atoms with Gasteiger partial charge in [-0.25, -0.2) is 0 Å². The number of rotatable bonds is 2. The molecule has 2 fully saturated rings. The first-order valence-electron chi connectivity index (χ1n) is 5.51. The van der Waals surface area contributed by atoms with Gasteiger partial charge in [0.15, 0.2) is 0 Å². The van der Waals surface area contributed by atoms with Crippen LogP contribution in [0.1, 0.15) is 39.5 Å². The lowest BCUT2D eigenvalue weighted by Crippen LogP contribution is -2.39. The minimum absolute atomic E-state index is 0.416. The van der Waals surface area contributed by atoms with E-state index in [2.05, 4.69) is 18.7 Å². The maximum absolute atomic E-state index is 6.25. The molecule has 1 nitrogen and oxygen atoms in total. The second-order valence-corrected chi connectivity index (χ2v) is 5.79. The maximum atomic E-state index is 6.25. The Labute approximate surface area is 86.4 Å². The summed E-state index contributed by atoms with van der Waals surface area (Å²) in [6.07, 6.45) is 5.34. The molecule has 2 aliphatic heterocycles. The van der Waals surface area contributed by atoms with Gasteiger partial charge in [0, 0.05) is 17.5 Å². The number of alkyl halides is 1. The molecule has 2 rings (SSSR count). The van der Waals surface area contributed by atoms with E-state index >= 15 is 0 Å². The average molecular weight is 202 g/mol. The minimum atomic E-state index is 0.416. The van der Waals surface area contributed by atoms with Crippen molar-refractivity contribution in [2.24, 2.45) is 5.92 Å². The summed E-state index contributed by atoms with van der Waals surface area (Å²) in [6, 6.07) is 0. The molecule has 0 unspecified atom stereocenters. The third kappa shape index (κ3) is 1.73. The van der Waals surface area contributed by atoms with E-state index in [0.29, 0.717) is 10.9 Å². The van der Waals surface area contributed by atoms with Gasteiger partial charge in [-0.05, 0) is 38.1 Å². The third-order valence-corrected chi connectivity index (χ3v) is 3.84. The zero-order chi connectivity index (χ0) is 9.47. The van der Waals surface area contributed by atoms with Gasteiger partial charge in [0.05, 0.1) is 0 Å². The first-order chi connectivity index (χ1) is 6.12. The Morgan fingerprint density at radius 1 is 1.54 bits per heavy atom. The highest BCUT2D eigenvalue weighted by atomic mass is 35.5. The predicted molar refractivity (Wildman–Crippen MR) is 57.3 cm³/mol. The zero-order valence-corrected chi connectivity index (χ0v) is 9.48. The molecule has 0 aliphatic carbocycles. The molecule has 2 aliphatic rings. The molecule has 2 heteroatoms. The van der Waals surface area contributed by atoms with Gasteiger partial charge in [0.2, 0.25) is 0 Å². The van der Waals surface area contributed by atoms with Crippen molar-refractivity contribution in [1.29, 1.82) is 0 Å². The van der Waals surface area contributed by atoms with Crippen LogP contribution in [0.5, 0.6) is 0 Å². The van der Waals surface area contributed by atoms with Crippen LogP contribution in [0.2, 0.25) is 0 Å². The highest BCUT2D eigenvalue weighted by molar-refractivity contribution is 6.21. The smallest absolute Gasteiger partial charge is 0.0481 e. The summed E-state index contributed by atoms with van der Waals surface area (Å²) in [5.74, 6) is 0.808. The molecule has 2 atom stereocenters. The van der Waals surface area contributed by atoms with Gasteiger partial charge < -0.3 is 0 Å². The van der Waals surface area contributed by atoms with E-state index in [0.717, 1.165) is 12.5 Å². The summed E-state index contributed by atoms with van der Waals surface area (Å²) in [6.45, 7) is 7.07. The van der Waals surface area contributed by atoms with E-state index in [9.17, 15) is 0 Å². The van der Waals surface area contributed by atoms with Crippen molar-refractivity contribution in [2.45, 2.75) is 50.4 Å². The molecule has 0 aromatic carbocycles. The highest BCUT2D eigenvalue weighted by Gasteiger charge is 2.47. The van der Waals surface area contributed by atoms with Gasteiger partial charge >= 0.3 is 0 Å². The van der Waals surface area contributed by atoms with Crippen molar-refractivity contribution in [3.05, 3.63) is 0 Å². The van der Waals surface area contributed by atoms with Crippen LogP contribution >= 0.6 is 11.6 Å². The summed E-state index contributed by atoms with van der Waals surface area (Å²) in [5.41, 5.74) is 0.501. The molecule has 0 aromatic rings. The third-order valence-electron chi connectivity index (χ3n) is 3.55. The van der Waals surface area contributed by atoms with Crippen molar-refractivity contribution in [2.75, 3.05) is 13.1 Å². The molecule has 2 heterocycles. The minimum Gasteiger partial charge on any atom is -0.296 e. The highest BCUT2D eigenvalue weighted by Crippen LogP contribution is 2.44. The molecule has 76 valence electrons. The van der Waals surface area contributed by atoms with E-state index in [1.54, 1.807) is 0 Å². The Bertz CT molecular complexity index is 193. The van der Waals surface area contributed by atoms with Crippen LogP contribution in [-0.2, 0) is 0 Å². The summed E-state index contributed by atoms with van der Waals surface area (Å²) >= 11 is 6.25. The SMILES string of the molecule is CC(C)C[C@@]12CCCN1C[C@@H](Cl)C2. The number of hydrogen-bond donors (Lipinski definition) is 0.